The molecule has 0 radical (unpaired) electrons. The van der Waals surface area contributed by atoms with Gasteiger partial charge in [0.25, 0.3) is 0 Å². The Morgan fingerprint density at radius 3 is 2.33 bits per heavy atom. The van der Waals surface area contributed by atoms with Gasteiger partial charge < -0.3 is 11.1 Å². The third kappa shape index (κ3) is 6.62. The van der Waals surface area contributed by atoms with E-state index in [1.165, 1.54) is 19.3 Å². The van der Waals surface area contributed by atoms with Crippen LogP contribution in [0.15, 0.2) is 0 Å². The zero-order chi connectivity index (χ0) is 9.45. The molecule has 0 rings (SSSR count). The maximum Gasteiger partial charge on any atom is 0.0122 e. The van der Waals surface area contributed by atoms with Crippen molar-refractivity contribution in [3.63, 3.8) is 0 Å². The highest BCUT2D eigenvalue weighted by atomic mass is 14.9. The maximum absolute atomic E-state index is 5.40. The molecule has 0 aromatic carbocycles. The SMILES string of the molecule is CCC(C)(C)NCCCCCN. The largest absolute Gasteiger partial charge is 0.330 e. The molecule has 0 heterocycles. The second-order valence-electron chi connectivity index (χ2n) is 4.01. The van der Waals surface area contributed by atoms with E-state index < -0.39 is 0 Å². The maximum atomic E-state index is 5.40. The van der Waals surface area contributed by atoms with Crippen LogP contribution in [0, 0.1) is 0 Å². The summed E-state index contributed by atoms with van der Waals surface area (Å²) >= 11 is 0. The molecular weight excluding hydrogens is 148 g/mol. The number of unbranched alkanes of at least 4 members (excludes halogenated alkanes) is 2. The Morgan fingerprint density at radius 2 is 1.83 bits per heavy atom. The van der Waals surface area contributed by atoms with Gasteiger partial charge in [0.2, 0.25) is 0 Å². The van der Waals surface area contributed by atoms with Crippen LogP contribution in [0.25, 0.3) is 0 Å². The van der Waals surface area contributed by atoms with Crippen molar-refractivity contribution in [3.05, 3.63) is 0 Å². The summed E-state index contributed by atoms with van der Waals surface area (Å²) in [6.45, 7) is 8.66. The Hall–Kier alpha value is -0.0800. The van der Waals surface area contributed by atoms with E-state index >= 15 is 0 Å². The van der Waals surface area contributed by atoms with Crippen molar-refractivity contribution in [2.45, 2.75) is 52.0 Å². The normalized spacial score (nSPS) is 12.0. The summed E-state index contributed by atoms with van der Waals surface area (Å²) in [7, 11) is 0. The van der Waals surface area contributed by atoms with E-state index in [0.717, 1.165) is 19.5 Å². The first kappa shape index (κ1) is 11.9. The second kappa shape index (κ2) is 6.44. The summed E-state index contributed by atoms with van der Waals surface area (Å²) in [5.41, 5.74) is 5.71. The lowest BCUT2D eigenvalue weighted by atomic mass is 10.0. The van der Waals surface area contributed by atoms with Crippen molar-refractivity contribution >= 4 is 0 Å². The zero-order valence-electron chi connectivity index (χ0n) is 8.82. The monoisotopic (exact) mass is 172 g/mol. The lowest BCUT2D eigenvalue weighted by Gasteiger charge is -2.24. The summed E-state index contributed by atoms with van der Waals surface area (Å²) in [5, 5.41) is 3.53. The topological polar surface area (TPSA) is 38.0 Å². The Balaban J connectivity index is 3.19. The van der Waals surface area contributed by atoms with Gasteiger partial charge in [-0.25, -0.2) is 0 Å². The molecule has 0 aliphatic rings. The average Bonchev–Trinajstić information content (AvgIpc) is 2.04. The first-order valence-electron chi connectivity index (χ1n) is 5.07. The Bertz CT molecular complexity index is 100. The third-order valence-electron chi connectivity index (χ3n) is 2.37. The van der Waals surface area contributed by atoms with Crippen molar-refractivity contribution in [1.29, 1.82) is 0 Å². The van der Waals surface area contributed by atoms with Gasteiger partial charge in [-0.05, 0) is 46.2 Å². The predicted molar refractivity (Wildman–Crippen MR) is 55.3 cm³/mol. The van der Waals surface area contributed by atoms with Crippen LogP contribution in [0.4, 0.5) is 0 Å². The van der Waals surface area contributed by atoms with Crippen LogP contribution >= 0.6 is 0 Å². The lowest BCUT2D eigenvalue weighted by molar-refractivity contribution is 0.371. The van der Waals surface area contributed by atoms with Crippen LogP contribution < -0.4 is 11.1 Å². The van der Waals surface area contributed by atoms with E-state index in [0.29, 0.717) is 5.54 Å². The van der Waals surface area contributed by atoms with Crippen LogP contribution in [0.3, 0.4) is 0 Å². The number of rotatable bonds is 7. The van der Waals surface area contributed by atoms with E-state index in [2.05, 4.69) is 26.1 Å². The Kier molecular flexibility index (Phi) is 6.39. The van der Waals surface area contributed by atoms with Gasteiger partial charge in [-0.3, -0.25) is 0 Å². The summed E-state index contributed by atoms with van der Waals surface area (Å²) in [6, 6.07) is 0. The number of nitrogens with two attached hydrogens (primary N) is 1. The standard InChI is InChI=1S/C10H24N2/c1-4-10(2,3)12-9-7-5-6-8-11/h12H,4-9,11H2,1-3H3. The molecule has 0 aliphatic carbocycles. The van der Waals surface area contributed by atoms with Gasteiger partial charge in [0, 0.05) is 5.54 Å². The van der Waals surface area contributed by atoms with E-state index in [4.69, 9.17) is 5.73 Å². The van der Waals surface area contributed by atoms with Crippen molar-refractivity contribution in [2.75, 3.05) is 13.1 Å². The van der Waals surface area contributed by atoms with Crippen molar-refractivity contribution in [2.24, 2.45) is 5.73 Å². The molecule has 0 saturated heterocycles. The van der Waals surface area contributed by atoms with Crippen molar-refractivity contribution < 1.29 is 0 Å². The number of hydrogen-bond donors (Lipinski definition) is 2. The van der Waals surface area contributed by atoms with Crippen LogP contribution in [0.5, 0.6) is 0 Å². The van der Waals surface area contributed by atoms with Crippen LogP contribution in [0.1, 0.15) is 46.5 Å². The minimum absolute atomic E-state index is 0.308. The van der Waals surface area contributed by atoms with Gasteiger partial charge in [0.05, 0.1) is 0 Å². The molecule has 2 nitrogen and oxygen atoms in total. The second-order valence-corrected chi connectivity index (χ2v) is 4.01. The number of nitrogens with one attached hydrogen (secondary N) is 1. The minimum atomic E-state index is 0.308. The average molecular weight is 172 g/mol. The van der Waals surface area contributed by atoms with Crippen molar-refractivity contribution in [3.8, 4) is 0 Å². The van der Waals surface area contributed by atoms with E-state index in [1.54, 1.807) is 0 Å². The molecule has 2 heteroatoms. The number of hydrogen-bond acceptors (Lipinski definition) is 2. The van der Waals surface area contributed by atoms with Crippen LogP contribution in [-0.2, 0) is 0 Å². The molecule has 12 heavy (non-hydrogen) atoms. The van der Waals surface area contributed by atoms with Gasteiger partial charge >= 0.3 is 0 Å². The summed E-state index contributed by atoms with van der Waals surface area (Å²) in [4.78, 5) is 0. The fourth-order valence-corrected chi connectivity index (χ4v) is 0.998. The molecule has 0 aromatic rings. The first-order chi connectivity index (χ1) is 5.62. The molecule has 0 aliphatic heterocycles. The molecule has 0 amide bonds. The van der Waals surface area contributed by atoms with Gasteiger partial charge in [0.1, 0.15) is 0 Å². The molecule has 74 valence electrons. The molecule has 0 saturated carbocycles. The summed E-state index contributed by atoms with van der Waals surface area (Å²) in [5.74, 6) is 0. The Morgan fingerprint density at radius 1 is 1.17 bits per heavy atom. The predicted octanol–water partition coefficient (Wildman–Crippen LogP) is 1.89. The summed E-state index contributed by atoms with van der Waals surface area (Å²) < 4.78 is 0. The van der Waals surface area contributed by atoms with Gasteiger partial charge in [-0.1, -0.05) is 13.3 Å². The summed E-state index contributed by atoms with van der Waals surface area (Å²) in [6.07, 6.45) is 4.85. The first-order valence-corrected chi connectivity index (χ1v) is 5.07. The zero-order valence-corrected chi connectivity index (χ0v) is 8.82. The quantitative estimate of drug-likeness (QED) is 0.576. The molecule has 0 spiro atoms. The molecule has 0 atom stereocenters. The van der Waals surface area contributed by atoms with Crippen LogP contribution in [0.2, 0.25) is 0 Å². The van der Waals surface area contributed by atoms with Gasteiger partial charge in [-0.2, -0.15) is 0 Å². The van der Waals surface area contributed by atoms with E-state index in [-0.39, 0.29) is 0 Å². The molecule has 0 bridgehead atoms. The fraction of sp³-hybridized carbons (Fsp3) is 1.00. The van der Waals surface area contributed by atoms with E-state index in [1.807, 2.05) is 0 Å². The van der Waals surface area contributed by atoms with Gasteiger partial charge in [-0.15, -0.1) is 0 Å². The molecule has 0 unspecified atom stereocenters. The minimum Gasteiger partial charge on any atom is -0.330 e. The Labute approximate surface area is 76.9 Å². The highest BCUT2D eigenvalue weighted by Gasteiger charge is 2.11. The van der Waals surface area contributed by atoms with Crippen LogP contribution in [-0.4, -0.2) is 18.6 Å². The highest BCUT2D eigenvalue weighted by molar-refractivity contribution is 4.74. The molecular formula is C10H24N2. The molecule has 0 fully saturated rings. The smallest absolute Gasteiger partial charge is 0.0122 e. The van der Waals surface area contributed by atoms with Gasteiger partial charge in [0.15, 0.2) is 0 Å². The van der Waals surface area contributed by atoms with Crippen molar-refractivity contribution in [1.82, 2.24) is 5.32 Å². The lowest BCUT2D eigenvalue weighted by Crippen LogP contribution is -2.38. The molecule has 3 N–H and O–H groups in total. The fourth-order valence-electron chi connectivity index (χ4n) is 0.998. The van der Waals surface area contributed by atoms with E-state index in [9.17, 15) is 0 Å². The molecule has 0 aromatic heterocycles. The highest BCUT2D eigenvalue weighted by Crippen LogP contribution is 2.06. The third-order valence-corrected chi connectivity index (χ3v) is 2.37.